The van der Waals surface area contributed by atoms with Crippen LogP contribution < -0.4 is 10.6 Å². The van der Waals surface area contributed by atoms with Gasteiger partial charge in [0, 0.05) is 5.75 Å². The standard InChI is InChI=1S/C23H32N2O7S/c1-22(2,3)31-20(29)25-16(12-33-21(30)32-23(4,5)6)18(26)17-14-10-8-7-9-13(14)11-15(24-17)19(27)28/h7-10,15-17,24H,11-12H2,1-6H3,(H,25,29)(H,27,28)/t15?,16-,17?/m1/s1. The number of amides is 1. The number of hydrogen-bond donors (Lipinski definition) is 3. The number of Topliss-reactive ketones (excluding diaryl/α,β-unsaturated/α-hetero) is 1. The smallest absolute Gasteiger partial charge is 0.408 e. The Morgan fingerprint density at radius 1 is 1.09 bits per heavy atom. The highest BCUT2D eigenvalue weighted by Crippen LogP contribution is 2.28. The summed E-state index contributed by atoms with van der Waals surface area (Å²) < 4.78 is 10.6. The molecule has 9 nitrogen and oxygen atoms in total. The molecule has 2 rings (SSSR count). The van der Waals surface area contributed by atoms with Crippen LogP contribution in [0.2, 0.25) is 0 Å². The molecule has 0 aliphatic carbocycles. The van der Waals surface area contributed by atoms with Gasteiger partial charge in [0.15, 0.2) is 5.78 Å². The van der Waals surface area contributed by atoms with Gasteiger partial charge < -0.3 is 19.9 Å². The van der Waals surface area contributed by atoms with Crippen LogP contribution in [0.1, 0.15) is 58.7 Å². The average molecular weight is 481 g/mol. The summed E-state index contributed by atoms with van der Waals surface area (Å²) in [6.45, 7) is 10.2. The van der Waals surface area contributed by atoms with E-state index in [1.54, 1.807) is 65.8 Å². The fraction of sp³-hybridized carbons (Fsp3) is 0.565. The number of carboxylic acids is 1. The molecule has 1 aromatic rings. The number of carbonyl (C=O) groups excluding carboxylic acids is 3. The molecule has 1 heterocycles. The van der Waals surface area contributed by atoms with Crippen LogP contribution in [-0.2, 0) is 25.5 Å². The monoisotopic (exact) mass is 480 g/mol. The Bertz CT molecular complexity index is 905. The van der Waals surface area contributed by atoms with Gasteiger partial charge in [-0.3, -0.25) is 14.9 Å². The quantitative estimate of drug-likeness (QED) is 0.524. The molecule has 33 heavy (non-hydrogen) atoms. The Balaban J connectivity index is 2.28. The van der Waals surface area contributed by atoms with Crippen molar-refractivity contribution in [3.05, 3.63) is 35.4 Å². The minimum atomic E-state index is -1.13. The number of benzene rings is 1. The van der Waals surface area contributed by atoms with E-state index >= 15 is 0 Å². The Hall–Kier alpha value is -2.59. The molecule has 0 saturated heterocycles. The predicted octanol–water partition coefficient (Wildman–Crippen LogP) is 3.46. The summed E-state index contributed by atoms with van der Waals surface area (Å²) in [5, 5.41) is 14.3. The molecule has 3 atom stereocenters. The van der Waals surface area contributed by atoms with E-state index in [0.29, 0.717) is 5.56 Å². The second kappa shape index (κ2) is 10.6. The van der Waals surface area contributed by atoms with Crippen LogP contribution in [-0.4, -0.2) is 57.3 Å². The van der Waals surface area contributed by atoms with Crippen molar-refractivity contribution in [2.75, 3.05) is 5.75 Å². The lowest BCUT2D eigenvalue weighted by molar-refractivity contribution is -0.140. The number of rotatable bonds is 6. The topological polar surface area (TPSA) is 131 Å². The Kier molecular flexibility index (Phi) is 8.53. The zero-order valence-corrected chi connectivity index (χ0v) is 20.6. The molecule has 0 aromatic heterocycles. The first-order chi connectivity index (χ1) is 15.2. The molecule has 0 saturated carbocycles. The average Bonchev–Trinajstić information content (AvgIpc) is 2.67. The van der Waals surface area contributed by atoms with E-state index in [9.17, 15) is 24.3 Å². The van der Waals surface area contributed by atoms with Crippen molar-refractivity contribution in [1.29, 1.82) is 0 Å². The first-order valence-corrected chi connectivity index (χ1v) is 11.6. The van der Waals surface area contributed by atoms with Gasteiger partial charge in [0.1, 0.15) is 23.3 Å². The number of thioether (sulfide) groups is 1. The maximum absolute atomic E-state index is 13.5. The van der Waals surface area contributed by atoms with Crippen molar-refractivity contribution in [3.8, 4) is 0 Å². The number of ketones is 1. The zero-order chi connectivity index (χ0) is 25.0. The predicted molar refractivity (Wildman–Crippen MR) is 124 cm³/mol. The normalized spacial score (nSPS) is 19.1. The van der Waals surface area contributed by atoms with E-state index in [-0.39, 0.29) is 12.2 Å². The molecule has 1 aliphatic rings. The molecule has 1 aromatic carbocycles. The van der Waals surface area contributed by atoms with E-state index in [1.165, 1.54) is 0 Å². The van der Waals surface area contributed by atoms with Gasteiger partial charge in [0.2, 0.25) is 0 Å². The number of carbonyl (C=O) groups is 4. The van der Waals surface area contributed by atoms with Crippen LogP contribution in [0.4, 0.5) is 9.59 Å². The van der Waals surface area contributed by atoms with Gasteiger partial charge in [-0.05, 0) is 70.9 Å². The lowest BCUT2D eigenvalue weighted by Crippen LogP contribution is -2.53. The van der Waals surface area contributed by atoms with Crippen LogP contribution in [0.3, 0.4) is 0 Å². The first-order valence-electron chi connectivity index (χ1n) is 10.6. The molecular formula is C23H32N2O7S. The minimum absolute atomic E-state index is 0.106. The van der Waals surface area contributed by atoms with Crippen LogP contribution in [0.15, 0.2) is 24.3 Å². The number of hydrogen-bond acceptors (Lipinski definition) is 8. The van der Waals surface area contributed by atoms with Gasteiger partial charge in [0.05, 0.1) is 6.04 Å². The molecular weight excluding hydrogens is 448 g/mol. The van der Waals surface area contributed by atoms with E-state index in [4.69, 9.17) is 9.47 Å². The van der Waals surface area contributed by atoms with Crippen LogP contribution >= 0.6 is 11.8 Å². The maximum Gasteiger partial charge on any atom is 0.408 e. The van der Waals surface area contributed by atoms with Crippen molar-refractivity contribution in [3.63, 3.8) is 0 Å². The number of fused-ring (bicyclic) bond motifs is 1. The summed E-state index contributed by atoms with van der Waals surface area (Å²) in [4.78, 5) is 49.8. The van der Waals surface area contributed by atoms with Crippen molar-refractivity contribution in [2.45, 2.75) is 77.3 Å². The lowest BCUT2D eigenvalue weighted by atomic mass is 9.86. The Morgan fingerprint density at radius 3 is 2.27 bits per heavy atom. The third-order valence-corrected chi connectivity index (χ3v) is 5.35. The minimum Gasteiger partial charge on any atom is -0.480 e. The Morgan fingerprint density at radius 2 is 1.70 bits per heavy atom. The molecule has 3 N–H and O–H groups in total. The summed E-state index contributed by atoms with van der Waals surface area (Å²) in [7, 11) is 0. The third-order valence-electron chi connectivity index (χ3n) is 4.53. The van der Waals surface area contributed by atoms with Crippen LogP contribution in [0.25, 0.3) is 0 Å². The maximum atomic E-state index is 13.5. The van der Waals surface area contributed by atoms with Gasteiger partial charge in [-0.15, -0.1) is 0 Å². The lowest BCUT2D eigenvalue weighted by Gasteiger charge is -2.32. The van der Waals surface area contributed by atoms with Crippen molar-refractivity contribution >= 4 is 34.9 Å². The third kappa shape index (κ3) is 8.36. The molecule has 10 heteroatoms. The molecule has 1 amide bonds. The number of ether oxygens (including phenoxy) is 2. The Labute approximate surface area is 198 Å². The second-order valence-corrected chi connectivity index (χ2v) is 10.7. The number of carboxylic acid groups (broad SMARTS) is 1. The van der Waals surface area contributed by atoms with Crippen molar-refractivity contribution in [2.24, 2.45) is 0 Å². The van der Waals surface area contributed by atoms with Gasteiger partial charge in [-0.25, -0.2) is 9.59 Å². The van der Waals surface area contributed by atoms with Crippen LogP contribution in [0, 0.1) is 0 Å². The summed E-state index contributed by atoms with van der Waals surface area (Å²) in [5.74, 6) is -1.66. The highest BCUT2D eigenvalue weighted by molar-refractivity contribution is 8.13. The molecule has 1 aliphatic heterocycles. The van der Waals surface area contributed by atoms with Crippen LogP contribution in [0.5, 0.6) is 0 Å². The highest BCUT2D eigenvalue weighted by atomic mass is 32.2. The zero-order valence-electron chi connectivity index (χ0n) is 19.8. The summed E-state index contributed by atoms with van der Waals surface area (Å²) >= 11 is 0.756. The molecule has 2 unspecified atom stereocenters. The summed E-state index contributed by atoms with van der Waals surface area (Å²) in [6, 6.07) is 3.99. The molecule has 182 valence electrons. The van der Waals surface area contributed by atoms with E-state index < -0.39 is 52.5 Å². The van der Waals surface area contributed by atoms with E-state index in [0.717, 1.165) is 17.3 Å². The summed E-state index contributed by atoms with van der Waals surface area (Å²) in [6.07, 6.45) is -0.587. The summed E-state index contributed by atoms with van der Waals surface area (Å²) in [5.41, 5.74) is -0.128. The van der Waals surface area contributed by atoms with Gasteiger partial charge in [0.25, 0.3) is 0 Å². The molecule has 0 radical (unpaired) electrons. The molecule has 0 spiro atoms. The number of nitrogens with one attached hydrogen (secondary N) is 2. The van der Waals surface area contributed by atoms with Gasteiger partial charge in [-0.2, -0.15) is 0 Å². The second-order valence-electron chi connectivity index (χ2n) is 9.77. The van der Waals surface area contributed by atoms with Crippen molar-refractivity contribution < 1.29 is 33.8 Å². The van der Waals surface area contributed by atoms with Gasteiger partial charge in [-0.1, -0.05) is 24.3 Å². The number of alkyl carbamates (subject to hydrolysis) is 1. The molecule has 0 bridgehead atoms. The van der Waals surface area contributed by atoms with E-state index in [2.05, 4.69) is 10.6 Å². The highest BCUT2D eigenvalue weighted by Gasteiger charge is 2.38. The molecule has 0 fully saturated rings. The number of aliphatic carboxylic acids is 1. The first kappa shape index (κ1) is 26.7. The SMILES string of the molecule is CC(C)(C)OC(=O)N[C@H](CSC(=O)OC(C)(C)C)C(=O)C1NC(C(=O)O)Cc2ccccc21. The fourth-order valence-electron chi connectivity index (χ4n) is 3.24. The van der Waals surface area contributed by atoms with Crippen molar-refractivity contribution in [1.82, 2.24) is 10.6 Å². The van der Waals surface area contributed by atoms with Gasteiger partial charge >= 0.3 is 17.4 Å². The largest absolute Gasteiger partial charge is 0.480 e. The fourth-order valence-corrected chi connectivity index (χ4v) is 4.10. The van der Waals surface area contributed by atoms with E-state index in [1.807, 2.05) is 0 Å².